The molecule has 1 fully saturated rings. The lowest BCUT2D eigenvalue weighted by Crippen LogP contribution is -2.42. The van der Waals surface area contributed by atoms with Crippen molar-refractivity contribution in [2.75, 3.05) is 6.61 Å². The van der Waals surface area contributed by atoms with Gasteiger partial charge in [-0.2, -0.15) is 0 Å². The first-order valence-electron chi connectivity index (χ1n) is 4.79. The van der Waals surface area contributed by atoms with Crippen LogP contribution in [0.4, 0.5) is 0 Å². The monoisotopic (exact) mass is 175 g/mol. The van der Waals surface area contributed by atoms with Crippen molar-refractivity contribution in [3.8, 4) is 0 Å². The average molecular weight is 175 g/mol. The van der Waals surface area contributed by atoms with E-state index in [-0.39, 0.29) is 7.05 Å². The Bertz CT molecular complexity index is 265. The van der Waals surface area contributed by atoms with Crippen molar-refractivity contribution < 1.29 is 4.65 Å². The van der Waals surface area contributed by atoms with Crippen molar-refractivity contribution in [3.05, 3.63) is 35.9 Å². The Kier molecular flexibility index (Phi) is 2.66. The predicted octanol–water partition coefficient (Wildman–Crippen LogP) is 1.86. The van der Waals surface area contributed by atoms with Crippen molar-refractivity contribution >= 4 is 7.05 Å². The van der Waals surface area contributed by atoms with E-state index in [4.69, 9.17) is 4.65 Å². The van der Waals surface area contributed by atoms with Crippen LogP contribution >= 0.6 is 0 Å². The number of hydrogen-bond acceptors (Lipinski definition) is 2. The summed E-state index contributed by atoms with van der Waals surface area (Å²) in [5.41, 5.74) is 1.36. The van der Waals surface area contributed by atoms with Gasteiger partial charge in [0.2, 0.25) is 0 Å². The van der Waals surface area contributed by atoms with Gasteiger partial charge in [-0.15, -0.1) is 0 Å². The molecule has 1 aliphatic rings. The smallest absolute Gasteiger partial charge is 0.376 e. The van der Waals surface area contributed by atoms with Crippen LogP contribution in [-0.4, -0.2) is 13.7 Å². The normalized spacial score (nSPS) is 23.2. The molecule has 0 saturated carbocycles. The molecule has 1 heterocycles. The van der Waals surface area contributed by atoms with E-state index < -0.39 is 0 Å². The zero-order chi connectivity index (χ0) is 9.10. The molecule has 13 heavy (non-hydrogen) atoms. The Morgan fingerprint density at radius 1 is 1.38 bits per heavy atom. The molecule has 3 heteroatoms. The fourth-order valence-electron chi connectivity index (χ4n) is 1.73. The summed E-state index contributed by atoms with van der Waals surface area (Å²) in [4.78, 5) is 0. The molecule has 0 amide bonds. The molecule has 0 aliphatic carbocycles. The Morgan fingerprint density at radius 3 is 2.85 bits per heavy atom. The van der Waals surface area contributed by atoms with E-state index >= 15 is 0 Å². The lowest BCUT2D eigenvalue weighted by molar-refractivity contribution is 0.253. The minimum atomic E-state index is 0.180. The van der Waals surface area contributed by atoms with E-state index in [9.17, 15) is 0 Å². The second kappa shape index (κ2) is 3.94. The molecule has 1 unspecified atom stereocenters. The van der Waals surface area contributed by atoms with E-state index in [2.05, 4.69) is 36.3 Å². The second-order valence-electron chi connectivity index (χ2n) is 3.43. The maximum Gasteiger partial charge on any atom is 0.376 e. The zero-order valence-corrected chi connectivity index (χ0v) is 7.86. The van der Waals surface area contributed by atoms with Gasteiger partial charge in [0.05, 0.1) is 0 Å². The van der Waals surface area contributed by atoms with Gasteiger partial charge in [0.25, 0.3) is 0 Å². The van der Waals surface area contributed by atoms with E-state index in [0.717, 1.165) is 13.0 Å². The van der Waals surface area contributed by atoms with Gasteiger partial charge < -0.3 is 9.88 Å². The highest BCUT2D eigenvalue weighted by Crippen LogP contribution is 2.19. The SMILES string of the molecule is CB1NC(c2ccccc2)CCO1. The first-order chi connectivity index (χ1) is 6.36. The van der Waals surface area contributed by atoms with Crippen LogP contribution in [0.1, 0.15) is 18.0 Å². The van der Waals surface area contributed by atoms with Crippen molar-refractivity contribution in [1.82, 2.24) is 5.23 Å². The van der Waals surface area contributed by atoms with Crippen molar-refractivity contribution in [2.45, 2.75) is 19.3 Å². The number of rotatable bonds is 1. The molecular formula is C10H14BNO. The van der Waals surface area contributed by atoms with Crippen LogP contribution in [0.15, 0.2) is 30.3 Å². The highest BCUT2D eigenvalue weighted by Gasteiger charge is 2.22. The highest BCUT2D eigenvalue weighted by molar-refractivity contribution is 6.47. The minimum Gasteiger partial charge on any atom is -0.421 e. The predicted molar refractivity (Wildman–Crippen MR) is 54.5 cm³/mol. The third-order valence-corrected chi connectivity index (χ3v) is 2.41. The third-order valence-electron chi connectivity index (χ3n) is 2.41. The lowest BCUT2D eigenvalue weighted by Gasteiger charge is -2.27. The molecule has 1 atom stereocenters. The number of nitrogens with one attached hydrogen (secondary N) is 1. The fourth-order valence-corrected chi connectivity index (χ4v) is 1.73. The Hall–Kier alpha value is -0.795. The van der Waals surface area contributed by atoms with Crippen LogP contribution in [-0.2, 0) is 4.65 Å². The molecule has 68 valence electrons. The highest BCUT2D eigenvalue weighted by atomic mass is 16.4. The van der Waals surface area contributed by atoms with Gasteiger partial charge in [-0.3, -0.25) is 0 Å². The molecule has 0 spiro atoms. The summed E-state index contributed by atoms with van der Waals surface area (Å²) >= 11 is 0. The maximum absolute atomic E-state index is 5.42. The van der Waals surface area contributed by atoms with E-state index in [1.165, 1.54) is 5.56 Å². The molecular weight excluding hydrogens is 161 g/mol. The molecule has 0 aromatic heterocycles. The van der Waals surface area contributed by atoms with E-state index in [1.54, 1.807) is 0 Å². The van der Waals surface area contributed by atoms with Gasteiger partial charge in [0.15, 0.2) is 0 Å². The van der Waals surface area contributed by atoms with Gasteiger partial charge in [0, 0.05) is 12.6 Å². The average Bonchev–Trinajstić information content (AvgIpc) is 2.19. The van der Waals surface area contributed by atoms with Crippen LogP contribution in [0.5, 0.6) is 0 Å². The zero-order valence-electron chi connectivity index (χ0n) is 7.86. The standard InChI is InChI=1S/C10H14BNO/c1-11-12-10(7-8-13-11)9-5-3-2-4-6-9/h2-6,10,12H,7-8H2,1H3. The molecule has 1 aliphatic heterocycles. The summed E-state index contributed by atoms with van der Waals surface area (Å²) in [6.45, 7) is 2.91. The molecule has 0 bridgehead atoms. The van der Waals surface area contributed by atoms with Crippen LogP contribution < -0.4 is 5.23 Å². The summed E-state index contributed by atoms with van der Waals surface area (Å²) in [5.74, 6) is 0. The molecule has 0 radical (unpaired) electrons. The van der Waals surface area contributed by atoms with Crippen LogP contribution in [0.3, 0.4) is 0 Å². The summed E-state index contributed by atoms with van der Waals surface area (Å²) in [6, 6.07) is 11.0. The van der Waals surface area contributed by atoms with E-state index in [1.807, 2.05) is 6.07 Å². The molecule has 2 rings (SSSR count). The molecule has 1 aromatic rings. The van der Waals surface area contributed by atoms with Gasteiger partial charge in [-0.1, -0.05) is 30.3 Å². The Morgan fingerprint density at radius 2 is 2.15 bits per heavy atom. The first kappa shape index (κ1) is 8.79. The van der Waals surface area contributed by atoms with Gasteiger partial charge >= 0.3 is 7.05 Å². The fraction of sp³-hybridized carbons (Fsp3) is 0.400. The third kappa shape index (κ3) is 2.11. The Labute approximate surface area is 79.4 Å². The summed E-state index contributed by atoms with van der Waals surface area (Å²) < 4.78 is 5.42. The van der Waals surface area contributed by atoms with Crippen molar-refractivity contribution in [2.24, 2.45) is 0 Å². The number of benzene rings is 1. The van der Waals surface area contributed by atoms with Gasteiger partial charge in [0.1, 0.15) is 0 Å². The Balaban J connectivity index is 2.08. The first-order valence-corrected chi connectivity index (χ1v) is 4.79. The molecule has 1 saturated heterocycles. The minimum absolute atomic E-state index is 0.180. The van der Waals surface area contributed by atoms with Crippen LogP contribution in [0.25, 0.3) is 0 Å². The largest absolute Gasteiger partial charge is 0.421 e. The maximum atomic E-state index is 5.42. The van der Waals surface area contributed by atoms with Crippen molar-refractivity contribution in [1.29, 1.82) is 0 Å². The van der Waals surface area contributed by atoms with Crippen molar-refractivity contribution in [3.63, 3.8) is 0 Å². The van der Waals surface area contributed by atoms with Gasteiger partial charge in [-0.25, -0.2) is 0 Å². The molecule has 2 nitrogen and oxygen atoms in total. The summed E-state index contributed by atoms with van der Waals surface area (Å²) in [6.07, 6.45) is 1.06. The summed E-state index contributed by atoms with van der Waals surface area (Å²) in [7, 11) is 0.180. The van der Waals surface area contributed by atoms with E-state index in [0.29, 0.717) is 6.04 Å². The summed E-state index contributed by atoms with van der Waals surface area (Å²) in [5, 5.41) is 3.41. The quantitative estimate of drug-likeness (QED) is 0.657. The van der Waals surface area contributed by atoms with Gasteiger partial charge in [-0.05, 0) is 18.8 Å². The topological polar surface area (TPSA) is 21.3 Å². The molecule has 1 aromatic carbocycles. The van der Waals surface area contributed by atoms with Crippen LogP contribution in [0, 0.1) is 0 Å². The molecule has 1 N–H and O–H groups in total. The lowest BCUT2D eigenvalue weighted by atomic mass is 9.82. The number of hydrogen-bond donors (Lipinski definition) is 1. The second-order valence-corrected chi connectivity index (χ2v) is 3.43. The van der Waals surface area contributed by atoms with Crippen LogP contribution in [0.2, 0.25) is 6.82 Å².